The number of halogens is 1. The number of rotatable bonds is 6. The SMILES string of the molecule is COc1cc(OC)cc(/C(=C/I)c2ccc(OC)c(OC)c2)c1. The van der Waals surface area contributed by atoms with Crippen molar-refractivity contribution in [1.29, 1.82) is 0 Å². The van der Waals surface area contributed by atoms with Gasteiger partial charge in [-0.3, -0.25) is 0 Å². The van der Waals surface area contributed by atoms with Crippen molar-refractivity contribution in [3.8, 4) is 23.0 Å². The summed E-state index contributed by atoms with van der Waals surface area (Å²) in [4.78, 5) is 0. The first kappa shape index (κ1) is 17.5. The predicted molar refractivity (Wildman–Crippen MR) is 100 cm³/mol. The quantitative estimate of drug-likeness (QED) is 0.636. The van der Waals surface area contributed by atoms with Crippen LogP contribution >= 0.6 is 22.6 Å². The molecular weight excluding hydrogens is 407 g/mol. The summed E-state index contributed by atoms with van der Waals surface area (Å²) in [6.45, 7) is 0. The summed E-state index contributed by atoms with van der Waals surface area (Å²) in [5, 5.41) is 0. The van der Waals surface area contributed by atoms with E-state index in [9.17, 15) is 0 Å². The molecule has 0 saturated carbocycles. The molecule has 122 valence electrons. The van der Waals surface area contributed by atoms with E-state index >= 15 is 0 Å². The zero-order valence-corrected chi connectivity index (χ0v) is 15.7. The van der Waals surface area contributed by atoms with E-state index in [0.29, 0.717) is 11.5 Å². The molecule has 0 fully saturated rings. The molecule has 0 N–H and O–H groups in total. The summed E-state index contributed by atoms with van der Waals surface area (Å²) in [6.07, 6.45) is 0. The number of hydrogen-bond donors (Lipinski definition) is 0. The van der Waals surface area contributed by atoms with Crippen molar-refractivity contribution in [3.63, 3.8) is 0 Å². The van der Waals surface area contributed by atoms with Gasteiger partial charge < -0.3 is 18.9 Å². The van der Waals surface area contributed by atoms with Gasteiger partial charge in [0.1, 0.15) is 11.5 Å². The van der Waals surface area contributed by atoms with Gasteiger partial charge in [-0.15, -0.1) is 0 Å². The van der Waals surface area contributed by atoms with Crippen LogP contribution in [0.5, 0.6) is 23.0 Å². The lowest BCUT2D eigenvalue weighted by Gasteiger charge is -2.14. The zero-order chi connectivity index (χ0) is 16.8. The summed E-state index contributed by atoms with van der Waals surface area (Å²) < 4.78 is 23.4. The lowest BCUT2D eigenvalue weighted by atomic mass is 9.98. The normalized spacial score (nSPS) is 11.1. The minimum Gasteiger partial charge on any atom is -0.497 e. The Labute approximate surface area is 150 Å². The van der Waals surface area contributed by atoms with E-state index in [2.05, 4.69) is 22.6 Å². The van der Waals surface area contributed by atoms with E-state index in [4.69, 9.17) is 18.9 Å². The highest BCUT2D eigenvalue weighted by Crippen LogP contribution is 2.35. The number of ether oxygens (including phenoxy) is 4. The Bertz CT molecular complexity index is 688. The molecule has 0 radical (unpaired) electrons. The summed E-state index contributed by atoms with van der Waals surface area (Å²) >= 11 is 2.23. The standard InChI is InChI=1S/C18H19IO4/c1-20-14-7-13(8-15(10-14)21-2)16(11-19)12-5-6-17(22-3)18(9-12)23-4/h5-11H,1-4H3/b16-11+. The van der Waals surface area contributed by atoms with Crippen LogP contribution in [0.15, 0.2) is 40.5 Å². The van der Waals surface area contributed by atoms with Crippen LogP contribution < -0.4 is 18.9 Å². The molecule has 2 aromatic carbocycles. The summed E-state index contributed by atoms with van der Waals surface area (Å²) in [5.74, 6) is 2.88. The lowest BCUT2D eigenvalue weighted by Crippen LogP contribution is -1.95. The summed E-state index contributed by atoms with van der Waals surface area (Å²) in [7, 11) is 6.54. The van der Waals surface area contributed by atoms with Crippen LogP contribution in [-0.2, 0) is 0 Å². The molecule has 0 spiro atoms. The van der Waals surface area contributed by atoms with Gasteiger partial charge in [-0.1, -0.05) is 28.7 Å². The van der Waals surface area contributed by atoms with Crippen molar-refractivity contribution in [1.82, 2.24) is 0 Å². The molecule has 0 bridgehead atoms. The van der Waals surface area contributed by atoms with Gasteiger partial charge in [0.15, 0.2) is 11.5 Å². The van der Waals surface area contributed by atoms with Crippen molar-refractivity contribution in [2.45, 2.75) is 0 Å². The van der Waals surface area contributed by atoms with E-state index in [1.165, 1.54) is 0 Å². The lowest BCUT2D eigenvalue weighted by molar-refractivity contribution is 0.355. The molecule has 5 heteroatoms. The number of benzene rings is 2. The average Bonchev–Trinajstić information content (AvgIpc) is 2.61. The Hall–Kier alpha value is -1.89. The van der Waals surface area contributed by atoms with Crippen LogP contribution in [0.2, 0.25) is 0 Å². The third kappa shape index (κ3) is 3.90. The maximum atomic E-state index is 5.39. The highest BCUT2D eigenvalue weighted by atomic mass is 127. The molecule has 0 amide bonds. The van der Waals surface area contributed by atoms with E-state index < -0.39 is 0 Å². The van der Waals surface area contributed by atoms with Gasteiger partial charge in [0, 0.05) is 6.07 Å². The van der Waals surface area contributed by atoms with Crippen LogP contribution in [0.3, 0.4) is 0 Å². The van der Waals surface area contributed by atoms with Gasteiger partial charge in [-0.05, 0) is 45.0 Å². The first-order valence-electron chi connectivity index (χ1n) is 6.93. The maximum Gasteiger partial charge on any atom is 0.161 e. The average molecular weight is 426 g/mol. The van der Waals surface area contributed by atoms with E-state index in [1.54, 1.807) is 28.4 Å². The monoisotopic (exact) mass is 426 g/mol. The number of hydrogen-bond acceptors (Lipinski definition) is 4. The van der Waals surface area contributed by atoms with E-state index in [-0.39, 0.29) is 0 Å². The van der Waals surface area contributed by atoms with Crippen LogP contribution in [0.25, 0.3) is 5.57 Å². The second kappa shape index (κ2) is 8.10. The molecule has 0 aliphatic rings. The fourth-order valence-corrected chi connectivity index (χ4v) is 2.98. The number of methoxy groups -OCH3 is 4. The Balaban J connectivity index is 2.52. The van der Waals surface area contributed by atoms with Crippen LogP contribution in [0.4, 0.5) is 0 Å². The molecule has 0 aliphatic carbocycles. The molecule has 23 heavy (non-hydrogen) atoms. The highest BCUT2D eigenvalue weighted by molar-refractivity contribution is 14.1. The summed E-state index contributed by atoms with van der Waals surface area (Å²) in [5.41, 5.74) is 3.07. The van der Waals surface area contributed by atoms with Gasteiger partial charge in [0.05, 0.1) is 28.4 Å². The Morgan fingerprint density at radius 3 is 1.83 bits per heavy atom. The first-order valence-corrected chi connectivity index (χ1v) is 8.17. The van der Waals surface area contributed by atoms with Crippen molar-refractivity contribution in [2.24, 2.45) is 0 Å². The largest absolute Gasteiger partial charge is 0.497 e. The molecule has 4 nitrogen and oxygen atoms in total. The van der Waals surface area contributed by atoms with E-state index in [1.807, 2.05) is 40.5 Å². The molecule has 0 unspecified atom stereocenters. The third-order valence-electron chi connectivity index (χ3n) is 3.47. The van der Waals surface area contributed by atoms with Crippen LogP contribution in [0, 0.1) is 0 Å². The fraction of sp³-hybridized carbons (Fsp3) is 0.222. The van der Waals surface area contributed by atoms with Gasteiger partial charge in [-0.25, -0.2) is 0 Å². The maximum absolute atomic E-state index is 5.39. The molecule has 0 aromatic heterocycles. The van der Waals surface area contributed by atoms with Gasteiger partial charge >= 0.3 is 0 Å². The molecule has 0 atom stereocenters. The predicted octanol–water partition coefficient (Wildman–Crippen LogP) is 4.55. The van der Waals surface area contributed by atoms with Crippen molar-refractivity contribution < 1.29 is 18.9 Å². The van der Waals surface area contributed by atoms with Crippen molar-refractivity contribution in [2.75, 3.05) is 28.4 Å². The minimum absolute atomic E-state index is 0.690. The van der Waals surface area contributed by atoms with Crippen molar-refractivity contribution >= 4 is 28.2 Å². The zero-order valence-electron chi connectivity index (χ0n) is 13.6. The fourth-order valence-electron chi connectivity index (χ4n) is 2.26. The van der Waals surface area contributed by atoms with Crippen molar-refractivity contribution in [3.05, 3.63) is 51.6 Å². The Morgan fingerprint density at radius 2 is 1.35 bits per heavy atom. The second-order valence-electron chi connectivity index (χ2n) is 4.69. The minimum atomic E-state index is 0.690. The molecular formula is C18H19IO4. The van der Waals surface area contributed by atoms with E-state index in [0.717, 1.165) is 28.2 Å². The third-order valence-corrected chi connectivity index (χ3v) is 4.09. The Kier molecular flexibility index (Phi) is 6.15. The smallest absolute Gasteiger partial charge is 0.161 e. The van der Waals surface area contributed by atoms with Crippen LogP contribution in [-0.4, -0.2) is 28.4 Å². The van der Waals surface area contributed by atoms with Gasteiger partial charge in [-0.2, -0.15) is 0 Å². The molecule has 0 aliphatic heterocycles. The highest BCUT2D eigenvalue weighted by Gasteiger charge is 2.12. The molecule has 0 saturated heterocycles. The molecule has 0 heterocycles. The van der Waals surface area contributed by atoms with Gasteiger partial charge in [0.25, 0.3) is 0 Å². The van der Waals surface area contributed by atoms with Gasteiger partial charge in [0.2, 0.25) is 0 Å². The topological polar surface area (TPSA) is 36.9 Å². The molecule has 2 aromatic rings. The Morgan fingerprint density at radius 1 is 0.739 bits per heavy atom. The second-order valence-corrected chi connectivity index (χ2v) is 5.32. The van der Waals surface area contributed by atoms with Crippen LogP contribution in [0.1, 0.15) is 11.1 Å². The first-order chi connectivity index (χ1) is 11.2. The summed E-state index contributed by atoms with van der Waals surface area (Å²) in [6, 6.07) is 11.6. The molecule has 2 rings (SSSR count).